The van der Waals surface area contributed by atoms with Gasteiger partial charge in [-0.25, -0.2) is 13.2 Å². The standard InChI is InChI=1S/C16H23N3O6S/c1-11(2)17-16(22)18-14(20)10-25-15(21)9-19(26(4,23)24)13-8-6-5-7-12(13)3/h5-8,11H,9-10H2,1-4H3,(H2,17,18,20,22). The van der Waals surface area contributed by atoms with Crippen LogP contribution >= 0.6 is 0 Å². The normalized spacial score (nSPS) is 11.0. The second-order valence-corrected chi connectivity index (χ2v) is 7.80. The highest BCUT2D eigenvalue weighted by molar-refractivity contribution is 7.92. The van der Waals surface area contributed by atoms with Gasteiger partial charge in [-0.3, -0.25) is 19.2 Å². The van der Waals surface area contributed by atoms with E-state index < -0.39 is 41.1 Å². The molecule has 0 saturated carbocycles. The number of benzene rings is 1. The van der Waals surface area contributed by atoms with Gasteiger partial charge in [0.15, 0.2) is 6.61 Å². The number of hydrogen-bond donors (Lipinski definition) is 2. The van der Waals surface area contributed by atoms with Gasteiger partial charge in [0.05, 0.1) is 11.9 Å². The van der Waals surface area contributed by atoms with Crippen molar-refractivity contribution in [3.05, 3.63) is 29.8 Å². The number of nitrogens with zero attached hydrogens (tertiary/aromatic N) is 1. The van der Waals surface area contributed by atoms with Gasteiger partial charge in [-0.05, 0) is 32.4 Å². The summed E-state index contributed by atoms with van der Waals surface area (Å²) in [4.78, 5) is 34.9. The molecule has 0 aliphatic heterocycles. The fourth-order valence-corrected chi connectivity index (χ4v) is 2.90. The number of imide groups is 1. The lowest BCUT2D eigenvalue weighted by molar-refractivity contribution is -0.146. The zero-order chi connectivity index (χ0) is 19.9. The van der Waals surface area contributed by atoms with E-state index in [0.717, 1.165) is 10.6 Å². The molecule has 1 rings (SSSR count). The van der Waals surface area contributed by atoms with Crippen LogP contribution in [0, 0.1) is 6.92 Å². The average Bonchev–Trinajstić information content (AvgIpc) is 2.49. The quantitative estimate of drug-likeness (QED) is 0.661. The van der Waals surface area contributed by atoms with Gasteiger partial charge in [0.2, 0.25) is 10.0 Å². The molecular formula is C16H23N3O6S. The second kappa shape index (κ2) is 9.18. The number of nitrogens with one attached hydrogen (secondary N) is 2. The summed E-state index contributed by atoms with van der Waals surface area (Å²) in [5.41, 5.74) is 1.00. The number of carbonyl (C=O) groups is 3. The largest absolute Gasteiger partial charge is 0.454 e. The number of esters is 1. The van der Waals surface area contributed by atoms with Crippen molar-refractivity contribution in [3.8, 4) is 0 Å². The topological polar surface area (TPSA) is 122 Å². The van der Waals surface area contributed by atoms with Gasteiger partial charge in [0, 0.05) is 6.04 Å². The van der Waals surface area contributed by atoms with E-state index >= 15 is 0 Å². The van der Waals surface area contributed by atoms with Crippen molar-refractivity contribution in [2.24, 2.45) is 0 Å². The molecule has 0 fully saturated rings. The lowest BCUT2D eigenvalue weighted by Gasteiger charge is -2.23. The molecule has 3 amide bonds. The fraction of sp³-hybridized carbons (Fsp3) is 0.438. The molecule has 0 radical (unpaired) electrons. The Hall–Kier alpha value is -2.62. The third-order valence-corrected chi connectivity index (χ3v) is 4.22. The van der Waals surface area contributed by atoms with Crippen LogP contribution in [0.15, 0.2) is 24.3 Å². The van der Waals surface area contributed by atoms with Gasteiger partial charge < -0.3 is 10.1 Å². The SMILES string of the molecule is Cc1ccccc1N(CC(=O)OCC(=O)NC(=O)NC(C)C)S(C)(=O)=O. The minimum absolute atomic E-state index is 0.164. The molecule has 1 aromatic carbocycles. The third-order valence-electron chi connectivity index (χ3n) is 3.09. The number of anilines is 1. The van der Waals surface area contributed by atoms with Crippen molar-refractivity contribution in [2.45, 2.75) is 26.8 Å². The minimum Gasteiger partial charge on any atom is -0.454 e. The molecule has 0 spiro atoms. The van der Waals surface area contributed by atoms with E-state index in [1.165, 1.54) is 0 Å². The summed E-state index contributed by atoms with van der Waals surface area (Å²) < 4.78 is 29.6. The molecule has 0 aromatic heterocycles. The van der Waals surface area contributed by atoms with E-state index in [0.29, 0.717) is 11.3 Å². The number of rotatable bonds is 7. The maximum Gasteiger partial charge on any atom is 0.327 e. The van der Waals surface area contributed by atoms with Crippen molar-refractivity contribution in [2.75, 3.05) is 23.7 Å². The maximum atomic E-state index is 12.0. The molecular weight excluding hydrogens is 362 g/mol. The van der Waals surface area contributed by atoms with Gasteiger partial charge in [0.1, 0.15) is 6.54 Å². The third kappa shape index (κ3) is 7.09. The van der Waals surface area contributed by atoms with Crippen LogP contribution in [0.3, 0.4) is 0 Å². The summed E-state index contributed by atoms with van der Waals surface area (Å²) in [6, 6.07) is 5.78. The zero-order valence-electron chi connectivity index (χ0n) is 15.1. The molecule has 144 valence electrons. The Balaban J connectivity index is 2.68. The van der Waals surface area contributed by atoms with Gasteiger partial charge in [0.25, 0.3) is 5.91 Å². The zero-order valence-corrected chi connectivity index (χ0v) is 15.9. The van der Waals surface area contributed by atoms with Crippen LogP contribution in [0.25, 0.3) is 0 Å². The number of para-hydroxylation sites is 1. The van der Waals surface area contributed by atoms with Crippen LogP contribution in [0.2, 0.25) is 0 Å². The molecule has 0 atom stereocenters. The van der Waals surface area contributed by atoms with Crippen molar-refractivity contribution in [1.82, 2.24) is 10.6 Å². The molecule has 0 aliphatic rings. The molecule has 0 aliphatic carbocycles. The van der Waals surface area contributed by atoms with Gasteiger partial charge in [-0.15, -0.1) is 0 Å². The Morgan fingerprint density at radius 1 is 1.19 bits per heavy atom. The molecule has 0 bridgehead atoms. The average molecular weight is 385 g/mol. The van der Waals surface area contributed by atoms with E-state index in [1.54, 1.807) is 45.0 Å². The molecule has 1 aromatic rings. The van der Waals surface area contributed by atoms with Crippen LogP contribution in [-0.4, -0.2) is 51.8 Å². The van der Waals surface area contributed by atoms with E-state index in [1.807, 2.05) is 5.32 Å². The highest BCUT2D eigenvalue weighted by atomic mass is 32.2. The molecule has 26 heavy (non-hydrogen) atoms. The number of hydrogen-bond acceptors (Lipinski definition) is 6. The molecule has 0 saturated heterocycles. The van der Waals surface area contributed by atoms with Crippen molar-refractivity contribution in [3.63, 3.8) is 0 Å². The van der Waals surface area contributed by atoms with E-state index in [9.17, 15) is 22.8 Å². The Bertz CT molecular complexity index is 776. The number of ether oxygens (including phenoxy) is 1. The van der Waals surface area contributed by atoms with Gasteiger partial charge >= 0.3 is 12.0 Å². The van der Waals surface area contributed by atoms with Crippen LogP contribution in [-0.2, 0) is 24.3 Å². The Morgan fingerprint density at radius 2 is 1.81 bits per heavy atom. The molecule has 0 unspecified atom stereocenters. The summed E-state index contributed by atoms with van der Waals surface area (Å²) in [7, 11) is -3.74. The monoisotopic (exact) mass is 385 g/mol. The van der Waals surface area contributed by atoms with Crippen LogP contribution in [0.1, 0.15) is 19.4 Å². The number of sulfonamides is 1. The Kier molecular flexibility index (Phi) is 7.56. The number of aryl methyl sites for hydroxylation is 1. The smallest absolute Gasteiger partial charge is 0.327 e. The molecule has 0 heterocycles. The summed E-state index contributed by atoms with van der Waals surface area (Å²) in [6.45, 7) is 3.86. The first-order valence-electron chi connectivity index (χ1n) is 7.80. The first kappa shape index (κ1) is 21.4. The van der Waals surface area contributed by atoms with Gasteiger partial charge in [-0.1, -0.05) is 18.2 Å². The van der Waals surface area contributed by atoms with Crippen LogP contribution in [0.4, 0.5) is 10.5 Å². The summed E-state index contributed by atoms with van der Waals surface area (Å²) in [5, 5.41) is 4.44. The molecule has 9 nitrogen and oxygen atoms in total. The van der Waals surface area contributed by atoms with E-state index in [2.05, 4.69) is 5.32 Å². The second-order valence-electron chi connectivity index (χ2n) is 5.89. The fourth-order valence-electron chi connectivity index (χ4n) is 1.99. The first-order chi connectivity index (χ1) is 12.0. The Morgan fingerprint density at radius 3 is 2.35 bits per heavy atom. The predicted molar refractivity (Wildman–Crippen MR) is 96.1 cm³/mol. The van der Waals surface area contributed by atoms with E-state index in [4.69, 9.17) is 4.74 Å². The number of amides is 3. The van der Waals surface area contributed by atoms with Crippen LogP contribution < -0.4 is 14.9 Å². The first-order valence-corrected chi connectivity index (χ1v) is 9.65. The van der Waals surface area contributed by atoms with Crippen molar-refractivity contribution in [1.29, 1.82) is 0 Å². The summed E-state index contributed by atoms with van der Waals surface area (Å²) >= 11 is 0. The lowest BCUT2D eigenvalue weighted by Crippen LogP contribution is -2.44. The Labute approximate surface area is 152 Å². The van der Waals surface area contributed by atoms with Crippen molar-refractivity contribution >= 4 is 33.6 Å². The summed E-state index contributed by atoms with van der Waals surface area (Å²) in [5.74, 6) is -1.74. The van der Waals surface area contributed by atoms with E-state index in [-0.39, 0.29) is 6.04 Å². The minimum atomic E-state index is -3.74. The maximum absolute atomic E-state index is 12.0. The predicted octanol–water partition coefficient (Wildman–Crippen LogP) is 0.538. The highest BCUT2D eigenvalue weighted by Gasteiger charge is 2.23. The molecule has 10 heteroatoms. The lowest BCUT2D eigenvalue weighted by atomic mass is 10.2. The summed E-state index contributed by atoms with van der Waals surface area (Å²) in [6.07, 6.45) is 0.968. The van der Waals surface area contributed by atoms with Crippen LogP contribution in [0.5, 0.6) is 0 Å². The van der Waals surface area contributed by atoms with Gasteiger partial charge in [-0.2, -0.15) is 0 Å². The number of carbonyl (C=O) groups excluding carboxylic acids is 3. The van der Waals surface area contributed by atoms with Crippen molar-refractivity contribution < 1.29 is 27.5 Å². The highest BCUT2D eigenvalue weighted by Crippen LogP contribution is 2.21. The number of urea groups is 1. The molecule has 2 N–H and O–H groups in total.